The van der Waals surface area contributed by atoms with Gasteiger partial charge in [0.25, 0.3) is 0 Å². The van der Waals surface area contributed by atoms with Gasteiger partial charge in [0.1, 0.15) is 6.10 Å². The first-order chi connectivity index (χ1) is 9.04. The summed E-state index contributed by atoms with van der Waals surface area (Å²) >= 11 is 0. The fourth-order valence-electron chi connectivity index (χ4n) is 2.16. The van der Waals surface area contributed by atoms with Gasteiger partial charge in [0, 0.05) is 6.61 Å². The molecule has 1 aromatic carbocycles. The van der Waals surface area contributed by atoms with Gasteiger partial charge in [0.2, 0.25) is 0 Å². The van der Waals surface area contributed by atoms with Crippen molar-refractivity contribution >= 4 is 0 Å². The van der Waals surface area contributed by atoms with E-state index < -0.39 is 6.10 Å². The van der Waals surface area contributed by atoms with Crippen LogP contribution in [0.5, 0.6) is 0 Å². The molecule has 2 unspecified atom stereocenters. The summed E-state index contributed by atoms with van der Waals surface area (Å²) in [4.78, 5) is 0. The SMILES string of the molecule is CCCC(C)COCC(O)c1ccc(C(C)C)cc1. The van der Waals surface area contributed by atoms with Crippen LogP contribution in [0.3, 0.4) is 0 Å². The highest BCUT2D eigenvalue weighted by Gasteiger charge is 2.09. The maximum Gasteiger partial charge on any atom is 0.102 e. The van der Waals surface area contributed by atoms with Gasteiger partial charge in [-0.25, -0.2) is 0 Å². The predicted octanol–water partition coefficient (Wildman–Crippen LogP) is 4.30. The first-order valence-corrected chi connectivity index (χ1v) is 7.40. The van der Waals surface area contributed by atoms with Gasteiger partial charge in [-0.2, -0.15) is 0 Å². The lowest BCUT2D eigenvalue weighted by atomic mass is 10.0. The quantitative estimate of drug-likeness (QED) is 0.758. The zero-order valence-corrected chi connectivity index (χ0v) is 12.7. The molecular weight excluding hydrogens is 236 g/mol. The molecule has 0 fully saturated rings. The van der Waals surface area contributed by atoms with Crippen molar-refractivity contribution in [1.29, 1.82) is 0 Å². The van der Waals surface area contributed by atoms with Gasteiger partial charge in [-0.3, -0.25) is 0 Å². The molecule has 0 saturated heterocycles. The second kappa shape index (κ2) is 8.34. The van der Waals surface area contributed by atoms with E-state index in [9.17, 15) is 5.11 Å². The van der Waals surface area contributed by atoms with Crippen LogP contribution in [-0.4, -0.2) is 18.3 Å². The molecule has 0 aromatic heterocycles. The number of aliphatic hydroxyl groups excluding tert-OH is 1. The lowest BCUT2D eigenvalue weighted by Crippen LogP contribution is -2.12. The van der Waals surface area contributed by atoms with Crippen LogP contribution >= 0.6 is 0 Å². The summed E-state index contributed by atoms with van der Waals surface area (Å²) < 4.78 is 5.59. The van der Waals surface area contributed by atoms with Crippen molar-refractivity contribution in [3.05, 3.63) is 35.4 Å². The normalized spacial score (nSPS) is 14.6. The molecule has 1 N–H and O–H groups in total. The minimum Gasteiger partial charge on any atom is -0.386 e. The summed E-state index contributed by atoms with van der Waals surface area (Å²) in [5.41, 5.74) is 2.24. The molecule has 0 aliphatic carbocycles. The maximum absolute atomic E-state index is 10.1. The molecule has 2 heteroatoms. The van der Waals surface area contributed by atoms with Crippen LogP contribution in [0.2, 0.25) is 0 Å². The van der Waals surface area contributed by atoms with Gasteiger partial charge in [0.15, 0.2) is 0 Å². The second-order valence-corrected chi connectivity index (χ2v) is 5.77. The van der Waals surface area contributed by atoms with E-state index in [0.717, 1.165) is 12.2 Å². The van der Waals surface area contributed by atoms with E-state index in [2.05, 4.69) is 39.8 Å². The number of ether oxygens (including phenoxy) is 1. The molecule has 0 aliphatic rings. The van der Waals surface area contributed by atoms with Crippen molar-refractivity contribution in [3.63, 3.8) is 0 Å². The minimum absolute atomic E-state index is 0.384. The highest BCUT2D eigenvalue weighted by atomic mass is 16.5. The van der Waals surface area contributed by atoms with Gasteiger partial charge in [-0.1, -0.05) is 58.4 Å². The zero-order valence-electron chi connectivity index (χ0n) is 12.7. The van der Waals surface area contributed by atoms with Crippen molar-refractivity contribution in [2.24, 2.45) is 5.92 Å². The molecule has 1 rings (SSSR count). The Kier molecular flexibility index (Phi) is 7.11. The van der Waals surface area contributed by atoms with E-state index >= 15 is 0 Å². The van der Waals surface area contributed by atoms with Crippen LogP contribution < -0.4 is 0 Å². The lowest BCUT2D eigenvalue weighted by Gasteiger charge is -2.15. The van der Waals surface area contributed by atoms with E-state index in [-0.39, 0.29) is 0 Å². The molecular formula is C17H28O2. The van der Waals surface area contributed by atoms with Crippen LogP contribution in [0, 0.1) is 5.92 Å². The van der Waals surface area contributed by atoms with Crippen LogP contribution in [0.1, 0.15) is 63.7 Å². The van der Waals surface area contributed by atoms with Gasteiger partial charge in [-0.15, -0.1) is 0 Å². The van der Waals surface area contributed by atoms with Crippen molar-refractivity contribution in [3.8, 4) is 0 Å². The summed E-state index contributed by atoms with van der Waals surface area (Å²) in [5.74, 6) is 1.10. The van der Waals surface area contributed by atoms with Gasteiger partial charge < -0.3 is 9.84 Å². The highest BCUT2D eigenvalue weighted by Crippen LogP contribution is 2.19. The first kappa shape index (κ1) is 16.2. The molecule has 108 valence electrons. The molecule has 0 saturated carbocycles. The molecule has 0 spiro atoms. The van der Waals surface area contributed by atoms with Crippen LogP contribution in [0.4, 0.5) is 0 Å². The number of rotatable bonds is 8. The Balaban J connectivity index is 2.38. The average molecular weight is 264 g/mol. The molecule has 1 aromatic rings. The van der Waals surface area contributed by atoms with Crippen LogP contribution in [0.25, 0.3) is 0 Å². The predicted molar refractivity (Wildman–Crippen MR) is 80.4 cm³/mol. The Morgan fingerprint density at radius 2 is 1.58 bits per heavy atom. The third-order valence-electron chi connectivity index (χ3n) is 3.45. The Bertz CT molecular complexity index is 343. The van der Waals surface area contributed by atoms with E-state index in [1.165, 1.54) is 18.4 Å². The van der Waals surface area contributed by atoms with E-state index in [0.29, 0.717) is 18.4 Å². The molecule has 0 heterocycles. The second-order valence-electron chi connectivity index (χ2n) is 5.77. The van der Waals surface area contributed by atoms with Crippen LogP contribution in [-0.2, 0) is 4.74 Å². The number of aliphatic hydroxyl groups is 1. The monoisotopic (exact) mass is 264 g/mol. The van der Waals surface area contributed by atoms with Crippen molar-refractivity contribution in [2.75, 3.05) is 13.2 Å². The summed E-state index contributed by atoms with van der Waals surface area (Å²) in [6.07, 6.45) is 1.85. The lowest BCUT2D eigenvalue weighted by molar-refractivity contribution is 0.0215. The smallest absolute Gasteiger partial charge is 0.102 e. The maximum atomic E-state index is 10.1. The molecule has 19 heavy (non-hydrogen) atoms. The third-order valence-corrected chi connectivity index (χ3v) is 3.45. The van der Waals surface area contributed by atoms with Gasteiger partial charge in [0.05, 0.1) is 6.61 Å². The first-order valence-electron chi connectivity index (χ1n) is 7.40. The minimum atomic E-state index is -0.518. The molecule has 2 atom stereocenters. The van der Waals surface area contributed by atoms with Crippen molar-refractivity contribution in [2.45, 2.75) is 52.6 Å². The van der Waals surface area contributed by atoms with E-state index in [1.54, 1.807) is 0 Å². The Labute approximate surface area is 117 Å². The Morgan fingerprint density at radius 3 is 2.11 bits per heavy atom. The average Bonchev–Trinajstić information content (AvgIpc) is 2.39. The van der Waals surface area contributed by atoms with E-state index in [4.69, 9.17) is 4.74 Å². The Hall–Kier alpha value is -0.860. The standard InChI is InChI=1S/C17H28O2/c1-5-6-14(4)11-19-12-17(18)16-9-7-15(8-10-16)13(2)3/h7-10,13-14,17-18H,5-6,11-12H2,1-4H3. The van der Waals surface area contributed by atoms with Gasteiger partial charge >= 0.3 is 0 Å². The Morgan fingerprint density at radius 1 is 1.00 bits per heavy atom. The third kappa shape index (κ3) is 5.75. The summed E-state index contributed by atoms with van der Waals surface area (Å²) in [7, 11) is 0. The molecule has 2 nitrogen and oxygen atoms in total. The van der Waals surface area contributed by atoms with Crippen molar-refractivity contribution in [1.82, 2.24) is 0 Å². The molecule has 0 amide bonds. The number of hydrogen-bond acceptors (Lipinski definition) is 2. The summed E-state index contributed by atoms with van der Waals surface area (Å²) in [5, 5.41) is 10.1. The topological polar surface area (TPSA) is 29.5 Å². The van der Waals surface area contributed by atoms with E-state index in [1.807, 2.05) is 12.1 Å². The number of benzene rings is 1. The highest BCUT2D eigenvalue weighted by molar-refractivity contribution is 5.26. The summed E-state index contributed by atoms with van der Waals surface area (Å²) in [6.45, 7) is 9.83. The molecule has 0 radical (unpaired) electrons. The molecule has 0 aliphatic heterocycles. The van der Waals surface area contributed by atoms with Crippen molar-refractivity contribution < 1.29 is 9.84 Å². The largest absolute Gasteiger partial charge is 0.386 e. The van der Waals surface area contributed by atoms with Gasteiger partial charge in [-0.05, 0) is 29.4 Å². The van der Waals surface area contributed by atoms with Crippen LogP contribution in [0.15, 0.2) is 24.3 Å². The molecule has 0 bridgehead atoms. The zero-order chi connectivity index (χ0) is 14.3. The number of hydrogen-bond donors (Lipinski definition) is 1. The fraction of sp³-hybridized carbons (Fsp3) is 0.647. The summed E-state index contributed by atoms with van der Waals surface area (Å²) in [6, 6.07) is 8.17. The fourth-order valence-corrected chi connectivity index (χ4v) is 2.16.